The predicted molar refractivity (Wildman–Crippen MR) is 83.8 cm³/mol. The van der Waals surface area contributed by atoms with Crippen LogP contribution in [0.5, 0.6) is 5.75 Å². The predicted octanol–water partition coefficient (Wildman–Crippen LogP) is 3.60. The number of amides is 1. The maximum absolute atomic E-state index is 12.2. The van der Waals surface area contributed by atoms with Crippen LogP contribution < -0.4 is 15.8 Å². The molecule has 106 valence electrons. The fourth-order valence-corrected chi connectivity index (χ4v) is 2.64. The third kappa shape index (κ3) is 3.11. The number of thiophene rings is 1. The van der Waals surface area contributed by atoms with Gasteiger partial charge in [-0.05, 0) is 44.5 Å². The van der Waals surface area contributed by atoms with E-state index in [0.29, 0.717) is 28.6 Å². The molecule has 4 nitrogen and oxygen atoms in total. The monoisotopic (exact) mass is 290 g/mol. The van der Waals surface area contributed by atoms with Crippen molar-refractivity contribution in [3.05, 3.63) is 39.6 Å². The minimum absolute atomic E-state index is 0.167. The summed E-state index contributed by atoms with van der Waals surface area (Å²) in [6, 6.07) is 7.39. The Morgan fingerprint density at radius 2 is 2.10 bits per heavy atom. The van der Waals surface area contributed by atoms with E-state index >= 15 is 0 Å². The molecule has 5 heteroatoms. The number of ether oxygens (including phenoxy) is 1. The molecule has 0 radical (unpaired) electrons. The minimum Gasteiger partial charge on any atom is -0.492 e. The van der Waals surface area contributed by atoms with Crippen LogP contribution in [0, 0.1) is 13.8 Å². The molecule has 3 N–H and O–H groups in total. The Morgan fingerprint density at radius 1 is 1.35 bits per heavy atom. The standard InChI is InChI=1S/C15H18N2O2S/c1-4-19-13-7-9(2)5-6-12(13)17-15(18)14-8-11(16)10(3)20-14/h5-8H,4,16H2,1-3H3,(H,17,18). The van der Waals surface area contributed by atoms with E-state index in [2.05, 4.69) is 5.32 Å². The smallest absolute Gasteiger partial charge is 0.265 e. The molecule has 1 aromatic carbocycles. The van der Waals surface area contributed by atoms with Gasteiger partial charge in [-0.25, -0.2) is 0 Å². The highest BCUT2D eigenvalue weighted by Crippen LogP contribution is 2.28. The van der Waals surface area contributed by atoms with Crippen molar-refractivity contribution in [2.24, 2.45) is 0 Å². The van der Waals surface area contributed by atoms with Crippen molar-refractivity contribution in [3.63, 3.8) is 0 Å². The number of nitrogens with one attached hydrogen (secondary N) is 1. The molecule has 0 saturated carbocycles. The van der Waals surface area contributed by atoms with Gasteiger partial charge in [-0.15, -0.1) is 11.3 Å². The van der Waals surface area contributed by atoms with Crippen LogP contribution in [0.25, 0.3) is 0 Å². The Bertz CT molecular complexity index is 615. The summed E-state index contributed by atoms with van der Waals surface area (Å²) in [5.41, 5.74) is 8.18. The van der Waals surface area contributed by atoms with E-state index in [-0.39, 0.29) is 5.91 Å². The van der Waals surface area contributed by atoms with Crippen LogP contribution in [0.4, 0.5) is 11.4 Å². The molecule has 0 unspecified atom stereocenters. The SMILES string of the molecule is CCOc1cc(C)ccc1NC(=O)c1cc(N)c(C)s1. The largest absolute Gasteiger partial charge is 0.492 e. The summed E-state index contributed by atoms with van der Waals surface area (Å²) in [7, 11) is 0. The van der Waals surface area contributed by atoms with Crippen LogP contribution >= 0.6 is 11.3 Å². The number of hydrogen-bond donors (Lipinski definition) is 2. The molecular formula is C15H18N2O2S. The van der Waals surface area contributed by atoms with Crippen LogP contribution in [0.3, 0.4) is 0 Å². The third-order valence-electron chi connectivity index (χ3n) is 2.87. The summed E-state index contributed by atoms with van der Waals surface area (Å²) in [5, 5.41) is 2.87. The number of aryl methyl sites for hydroxylation is 2. The molecule has 0 saturated heterocycles. The molecule has 0 bridgehead atoms. The molecule has 20 heavy (non-hydrogen) atoms. The fraction of sp³-hybridized carbons (Fsp3) is 0.267. The van der Waals surface area contributed by atoms with Crippen molar-refractivity contribution in [3.8, 4) is 5.75 Å². The van der Waals surface area contributed by atoms with Gasteiger partial charge in [-0.3, -0.25) is 4.79 Å². The third-order valence-corrected chi connectivity index (χ3v) is 3.93. The maximum atomic E-state index is 12.2. The average Bonchev–Trinajstić information content (AvgIpc) is 2.73. The number of benzene rings is 1. The van der Waals surface area contributed by atoms with Crippen molar-refractivity contribution < 1.29 is 9.53 Å². The van der Waals surface area contributed by atoms with Crippen molar-refractivity contribution in [1.82, 2.24) is 0 Å². The lowest BCUT2D eigenvalue weighted by Crippen LogP contribution is -2.11. The molecule has 0 aliphatic heterocycles. The fourth-order valence-electron chi connectivity index (χ4n) is 1.80. The Kier molecular flexibility index (Phi) is 4.29. The Labute approximate surface area is 122 Å². The summed E-state index contributed by atoms with van der Waals surface area (Å²) in [4.78, 5) is 13.8. The number of rotatable bonds is 4. The van der Waals surface area contributed by atoms with Crippen molar-refractivity contribution in [1.29, 1.82) is 0 Å². The zero-order chi connectivity index (χ0) is 14.7. The number of anilines is 2. The van der Waals surface area contributed by atoms with Crippen molar-refractivity contribution >= 4 is 28.6 Å². The molecule has 1 amide bonds. The first kappa shape index (κ1) is 14.4. The molecule has 1 aromatic heterocycles. The molecule has 2 aromatic rings. The topological polar surface area (TPSA) is 64.3 Å². The van der Waals surface area contributed by atoms with E-state index in [1.165, 1.54) is 11.3 Å². The minimum atomic E-state index is -0.167. The van der Waals surface area contributed by atoms with Gasteiger partial charge >= 0.3 is 0 Å². The molecule has 2 rings (SSSR count). The van der Waals surface area contributed by atoms with Gasteiger partial charge in [0.25, 0.3) is 5.91 Å². The zero-order valence-electron chi connectivity index (χ0n) is 11.8. The molecule has 0 fully saturated rings. The highest BCUT2D eigenvalue weighted by atomic mass is 32.1. The van der Waals surface area contributed by atoms with Crippen LogP contribution in [-0.2, 0) is 0 Å². The highest BCUT2D eigenvalue weighted by molar-refractivity contribution is 7.14. The van der Waals surface area contributed by atoms with Gasteiger partial charge in [0.1, 0.15) is 5.75 Å². The summed E-state index contributed by atoms with van der Waals surface area (Å²) in [6.07, 6.45) is 0. The van der Waals surface area contributed by atoms with Crippen molar-refractivity contribution in [2.75, 3.05) is 17.7 Å². The van der Waals surface area contributed by atoms with E-state index in [0.717, 1.165) is 10.4 Å². The van der Waals surface area contributed by atoms with Gasteiger partial charge in [0.15, 0.2) is 0 Å². The quantitative estimate of drug-likeness (QED) is 0.904. The first-order valence-corrected chi connectivity index (χ1v) is 7.23. The number of nitrogens with two attached hydrogens (primary N) is 1. The summed E-state index contributed by atoms with van der Waals surface area (Å²) >= 11 is 1.39. The van der Waals surface area contributed by atoms with Gasteiger partial charge in [-0.2, -0.15) is 0 Å². The van der Waals surface area contributed by atoms with Crippen molar-refractivity contribution in [2.45, 2.75) is 20.8 Å². The van der Waals surface area contributed by atoms with Crippen LogP contribution in [0.15, 0.2) is 24.3 Å². The van der Waals surface area contributed by atoms with Gasteiger partial charge in [-0.1, -0.05) is 6.07 Å². The normalized spacial score (nSPS) is 10.3. The molecule has 0 atom stereocenters. The summed E-state index contributed by atoms with van der Waals surface area (Å²) in [6.45, 7) is 6.35. The second-order valence-corrected chi connectivity index (χ2v) is 5.77. The second-order valence-electron chi connectivity index (χ2n) is 4.51. The van der Waals surface area contributed by atoms with Gasteiger partial charge in [0.05, 0.1) is 17.2 Å². The molecule has 0 aliphatic carbocycles. The summed E-state index contributed by atoms with van der Waals surface area (Å²) < 4.78 is 5.55. The number of nitrogen functional groups attached to an aromatic ring is 1. The van der Waals surface area contributed by atoms with E-state index in [1.807, 2.05) is 39.0 Å². The van der Waals surface area contributed by atoms with E-state index in [9.17, 15) is 4.79 Å². The van der Waals surface area contributed by atoms with E-state index in [4.69, 9.17) is 10.5 Å². The number of carbonyl (C=O) groups is 1. The van der Waals surface area contributed by atoms with Gasteiger partial charge in [0, 0.05) is 10.6 Å². The molecular weight excluding hydrogens is 272 g/mol. The number of carbonyl (C=O) groups excluding carboxylic acids is 1. The molecule has 0 spiro atoms. The van der Waals surface area contributed by atoms with E-state index < -0.39 is 0 Å². The first-order valence-electron chi connectivity index (χ1n) is 6.42. The lowest BCUT2D eigenvalue weighted by Gasteiger charge is -2.11. The molecule has 1 heterocycles. The molecule has 0 aliphatic rings. The Balaban J connectivity index is 2.23. The van der Waals surface area contributed by atoms with Crippen LogP contribution in [-0.4, -0.2) is 12.5 Å². The van der Waals surface area contributed by atoms with Gasteiger partial charge in [0.2, 0.25) is 0 Å². The van der Waals surface area contributed by atoms with Gasteiger partial charge < -0.3 is 15.8 Å². The lowest BCUT2D eigenvalue weighted by molar-refractivity contribution is 0.103. The average molecular weight is 290 g/mol. The second kappa shape index (κ2) is 5.96. The first-order chi connectivity index (χ1) is 9.51. The highest BCUT2D eigenvalue weighted by Gasteiger charge is 2.13. The zero-order valence-corrected chi connectivity index (χ0v) is 12.6. The van der Waals surface area contributed by atoms with Crippen LogP contribution in [0.1, 0.15) is 27.0 Å². The summed E-state index contributed by atoms with van der Waals surface area (Å²) in [5.74, 6) is 0.515. The maximum Gasteiger partial charge on any atom is 0.265 e. The Morgan fingerprint density at radius 3 is 2.70 bits per heavy atom. The Hall–Kier alpha value is -2.01. The lowest BCUT2D eigenvalue weighted by atomic mass is 10.2. The number of hydrogen-bond acceptors (Lipinski definition) is 4. The van der Waals surface area contributed by atoms with E-state index in [1.54, 1.807) is 6.07 Å². The van der Waals surface area contributed by atoms with Crippen LogP contribution in [0.2, 0.25) is 0 Å².